The maximum absolute atomic E-state index is 13.3. The predicted octanol–water partition coefficient (Wildman–Crippen LogP) is 5.32. The first-order valence-electron chi connectivity index (χ1n) is 15.3. The number of hydrogen-bond acceptors (Lipinski definition) is 7. The zero-order chi connectivity index (χ0) is 29.8. The molecule has 2 N–H and O–H groups in total. The van der Waals surface area contributed by atoms with Crippen LogP contribution >= 0.6 is 0 Å². The number of nitrogens with one attached hydrogen (secondary N) is 2. The summed E-state index contributed by atoms with van der Waals surface area (Å²) < 4.78 is 11.2. The topological polar surface area (TPSA) is 99.5 Å². The van der Waals surface area contributed by atoms with E-state index in [1.165, 1.54) is 18.9 Å². The van der Waals surface area contributed by atoms with E-state index in [4.69, 9.17) is 19.7 Å². The van der Waals surface area contributed by atoms with Crippen LogP contribution in [0.2, 0.25) is 11.6 Å². The SMILES string of the molecule is C=C(C#N)CNc1c(OC)ccc2ccc(-c3cccc(C(=O)NC4CCC(C(C5C[Si]5)N5CCOCC5)CC4)n3)cc12. The number of nitrogens with zero attached hydrogens (tertiary/aromatic N) is 3. The monoisotopic (exact) mass is 593 g/mol. The summed E-state index contributed by atoms with van der Waals surface area (Å²) in [6, 6.07) is 20.0. The highest BCUT2D eigenvalue weighted by molar-refractivity contribution is 6.51. The number of rotatable bonds is 10. The lowest BCUT2D eigenvalue weighted by molar-refractivity contribution is -0.00182. The minimum Gasteiger partial charge on any atom is -0.495 e. The number of aromatic nitrogens is 1. The fraction of sp³-hybridized carbons (Fsp3) is 0.441. The Morgan fingerprint density at radius 3 is 2.67 bits per heavy atom. The molecule has 43 heavy (non-hydrogen) atoms. The Morgan fingerprint density at radius 2 is 1.95 bits per heavy atom. The maximum atomic E-state index is 13.3. The number of amides is 1. The molecule has 3 aliphatic rings. The van der Waals surface area contributed by atoms with Crippen molar-refractivity contribution in [1.82, 2.24) is 15.2 Å². The molecule has 0 spiro atoms. The van der Waals surface area contributed by atoms with E-state index in [0.29, 0.717) is 29.6 Å². The summed E-state index contributed by atoms with van der Waals surface area (Å²) in [4.78, 5) is 20.8. The second kappa shape index (κ2) is 13.3. The van der Waals surface area contributed by atoms with Gasteiger partial charge >= 0.3 is 0 Å². The van der Waals surface area contributed by atoms with Crippen LogP contribution in [0, 0.1) is 17.2 Å². The first-order valence-corrected chi connectivity index (χ1v) is 16.6. The quantitative estimate of drug-likeness (QED) is 0.243. The second-order valence-electron chi connectivity index (χ2n) is 11.8. The maximum Gasteiger partial charge on any atom is 0.270 e. The van der Waals surface area contributed by atoms with Crippen molar-refractivity contribution in [3.8, 4) is 23.1 Å². The van der Waals surface area contributed by atoms with Crippen molar-refractivity contribution in [2.75, 3.05) is 45.3 Å². The van der Waals surface area contributed by atoms with Crippen molar-refractivity contribution in [3.05, 3.63) is 66.4 Å². The first kappa shape index (κ1) is 29.4. The van der Waals surface area contributed by atoms with Gasteiger partial charge in [0.15, 0.2) is 0 Å². The van der Waals surface area contributed by atoms with Gasteiger partial charge < -0.3 is 20.1 Å². The summed E-state index contributed by atoms with van der Waals surface area (Å²) in [5, 5.41) is 17.7. The molecule has 2 saturated heterocycles. The zero-order valence-corrected chi connectivity index (χ0v) is 25.8. The average molecular weight is 594 g/mol. The Kier molecular flexibility index (Phi) is 9.08. The summed E-state index contributed by atoms with van der Waals surface area (Å²) in [7, 11) is 2.74. The summed E-state index contributed by atoms with van der Waals surface area (Å²) >= 11 is 0. The summed E-state index contributed by atoms with van der Waals surface area (Å²) in [6.07, 6.45) is 4.38. The molecule has 2 atom stereocenters. The molecule has 2 aliphatic heterocycles. The molecule has 3 fully saturated rings. The number of methoxy groups -OCH3 is 1. The van der Waals surface area contributed by atoms with E-state index in [2.05, 4.69) is 28.2 Å². The largest absolute Gasteiger partial charge is 0.495 e. The molecule has 2 unspecified atom stereocenters. The number of pyridine rings is 1. The molecule has 9 heteroatoms. The molecule has 2 radical (unpaired) electrons. The number of ether oxygens (including phenoxy) is 2. The summed E-state index contributed by atoms with van der Waals surface area (Å²) in [5.74, 6) is 1.29. The number of hydrogen-bond donors (Lipinski definition) is 2. The third kappa shape index (κ3) is 6.77. The van der Waals surface area contributed by atoms with Gasteiger partial charge in [-0.1, -0.05) is 36.9 Å². The Balaban J connectivity index is 1.13. The van der Waals surface area contributed by atoms with Crippen molar-refractivity contribution < 1.29 is 14.3 Å². The molecule has 1 saturated carbocycles. The van der Waals surface area contributed by atoms with E-state index in [0.717, 1.165) is 87.8 Å². The van der Waals surface area contributed by atoms with Crippen molar-refractivity contribution in [3.63, 3.8) is 0 Å². The molecule has 1 aromatic heterocycles. The van der Waals surface area contributed by atoms with Crippen LogP contribution in [-0.2, 0) is 4.74 Å². The molecular weight excluding hydrogens is 554 g/mol. The van der Waals surface area contributed by atoms with E-state index in [1.807, 2.05) is 42.5 Å². The van der Waals surface area contributed by atoms with Crippen LogP contribution in [0.25, 0.3) is 22.0 Å². The van der Waals surface area contributed by atoms with Crippen molar-refractivity contribution in [2.24, 2.45) is 5.92 Å². The Bertz CT molecular complexity index is 1520. The Morgan fingerprint density at radius 1 is 1.19 bits per heavy atom. The fourth-order valence-corrected chi connectivity index (χ4v) is 7.80. The number of carbonyl (C=O) groups is 1. The van der Waals surface area contributed by atoms with Crippen LogP contribution in [0.3, 0.4) is 0 Å². The molecule has 222 valence electrons. The van der Waals surface area contributed by atoms with Crippen LogP contribution < -0.4 is 15.4 Å². The van der Waals surface area contributed by atoms with Crippen LogP contribution in [0.15, 0.2) is 60.7 Å². The lowest BCUT2D eigenvalue weighted by atomic mass is 9.80. The highest BCUT2D eigenvalue weighted by atomic mass is 28.2. The molecule has 3 heterocycles. The van der Waals surface area contributed by atoms with Gasteiger partial charge in [0.1, 0.15) is 11.4 Å². The van der Waals surface area contributed by atoms with E-state index in [1.54, 1.807) is 13.2 Å². The molecule has 2 aromatic carbocycles. The van der Waals surface area contributed by atoms with E-state index < -0.39 is 0 Å². The molecule has 3 aromatic rings. The average Bonchev–Trinajstić information content (AvgIpc) is 3.90. The van der Waals surface area contributed by atoms with Gasteiger partial charge in [0.05, 0.1) is 37.8 Å². The Labute approximate surface area is 256 Å². The molecule has 0 bridgehead atoms. The molecule has 6 rings (SSSR count). The summed E-state index contributed by atoms with van der Waals surface area (Å²) in [5.41, 5.74) is 4.16. The van der Waals surface area contributed by atoms with E-state index in [-0.39, 0.29) is 11.9 Å². The minimum atomic E-state index is -0.112. The van der Waals surface area contributed by atoms with Gasteiger partial charge in [-0.05, 0) is 66.8 Å². The third-order valence-electron chi connectivity index (χ3n) is 9.03. The number of benzene rings is 2. The minimum absolute atomic E-state index is 0.112. The number of anilines is 1. The van der Waals surface area contributed by atoms with Crippen molar-refractivity contribution in [2.45, 2.75) is 49.4 Å². The third-order valence-corrected chi connectivity index (χ3v) is 10.2. The van der Waals surface area contributed by atoms with Crippen molar-refractivity contribution in [1.29, 1.82) is 5.26 Å². The van der Waals surface area contributed by atoms with Gasteiger partial charge in [0.2, 0.25) is 0 Å². The highest BCUT2D eigenvalue weighted by Gasteiger charge is 2.42. The van der Waals surface area contributed by atoms with Crippen LogP contribution in [0.5, 0.6) is 5.75 Å². The van der Waals surface area contributed by atoms with Crippen LogP contribution in [0.1, 0.15) is 36.2 Å². The number of morpholine rings is 1. The smallest absolute Gasteiger partial charge is 0.270 e. The van der Waals surface area contributed by atoms with Gasteiger partial charge in [0.25, 0.3) is 5.91 Å². The van der Waals surface area contributed by atoms with E-state index >= 15 is 0 Å². The highest BCUT2D eigenvalue weighted by Crippen LogP contribution is 2.43. The van der Waals surface area contributed by atoms with Crippen LogP contribution in [0.4, 0.5) is 5.69 Å². The predicted molar refractivity (Wildman–Crippen MR) is 171 cm³/mol. The fourth-order valence-electron chi connectivity index (χ4n) is 6.70. The van der Waals surface area contributed by atoms with Gasteiger partial charge in [-0.3, -0.25) is 9.69 Å². The van der Waals surface area contributed by atoms with Crippen LogP contribution in [-0.4, -0.2) is 77.4 Å². The lowest BCUT2D eigenvalue weighted by Crippen LogP contribution is -2.49. The number of carbonyl (C=O) groups excluding carboxylic acids is 1. The lowest BCUT2D eigenvalue weighted by Gasteiger charge is -2.42. The Hall–Kier alpha value is -3.71. The molecule has 8 nitrogen and oxygen atoms in total. The van der Waals surface area contributed by atoms with Gasteiger partial charge in [0, 0.05) is 57.8 Å². The molecular formula is C34H39N5O3Si. The molecule has 1 aliphatic carbocycles. The number of nitriles is 1. The number of fused-ring (bicyclic) bond motifs is 1. The standard InChI is InChI=1S/C34H39N5O3Si/c1-22(19-35)20-36-32-27-18-25(7-6-23(27)10-13-30(32)41-2)28-4-3-5-29(38-28)34(40)37-26-11-8-24(9-12-26)33(31-21-43-31)39-14-16-42-17-15-39/h3-7,10,13,18,24,26,31,33,36H,1,8-9,11-12,14-17,20-21H2,2H3,(H,37,40). The first-order chi connectivity index (χ1) is 21.0. The summed E-state index contributed by atoms with van der Waals surface area (Å²) in [6.45, 7) is 7.93. The second-order valence-corrected chi connectivity index (χ2v) is 13.4. The molecule has 1 amide bonds. The van der Waals surface area contributed by atoms with Gasteiger partial charge in [-0.2, -0.15) is 5.26 Å². The van der Waals surface area contributed by atoms with Gasteiger partial charge in [-0.15, -0.1) is 0 Å². The van der Waals surface area contributed by atoms with E-state index in [9.17, 15) is 4.79 Å². The zero-order valence-electron chi connectivity index (χ0n) is 24.8. The normalized spacial score (nSPS) is 22.7. The van der Waals surface area contributed by atoms with Crippen molar-refractivity contribution >= 4 is 31.9 Å². The van der Waals surface area contributed by atoms with Gasteiger partial charge in [-0.25, -0.2) is 4.98 Å².